The largest absolute Gasteiger partial charge is 0.305 e. The second kappa shape index (κ2) is 4.50. The zero-order valence-electron chi connectivity index (χ0n) is 9.92. The normalized spacial score (nSPS) is 10.3. The van der Waals surface area contributed by atoms with Gasteiger partial charge in [-0.3, -0.25) is 0 Å². The summed E-state index contributed by atoms with van der Waals surface area (Å²) >= 11 is 0. The molecule has 17 heavy (non-hydrogen) atoms. The molecule has 0 spiro atoms. The first-order chi connectivity index (χ1) is 8.08. The summed E-state index contributed by atoms with van der Waals surface area (Å²) in [4.78, 5) is 0. The molecule has 0 amide bonds. The van der Waals surface area contributed by atoms with Crippen molar-refractivity contribution in [2.45, 2.75) is 13.8 Å². The van der Waals surface area contributed by atoms with E-state index < -0.39 is 0 Å². The van der Waals surface area contributed by atoms with Gasteiger partial charge in [0.1, 0.15) is 5.82 Å². The van der Waals surface area contributed by atoms with E-state index in [1.807, 2.05) is 37.3 Å². The topological polar surface area (TPSA) is 23.9 Å². The van der Waals surface area contributed by atoms with Crippen molar-refractivity contribution in [1.82, 2.24) is 0 Å². The maximum Gasteiger partial charge on any atom is 0.131 e. The molecular formula is C15H14FN. The van der Waals surface area contributed by atoms with Gasteiger partial charge < -0.3 is 5.41 Å². The predicted molar refractivity (Wildman–Crippen MR) is 69.1 cm³/mol. The first-order valence-electron chi connectivity index (χ1n) is 5.50. The van der Waals surface area contributed by atoms with Crippen LogP contribution in [0, 0.1) is 18.2 Å². The summed E-state index contributed by atoms with van der Waals surface area (Å²) < 4.78 is 13.8. The molecule has 0 unspecified atom stereocenters. The fourth-order valence-corrected chi connectivity index (χ4v) is 1.75. The number of rotatable bonds is 2. The lowest BCUT2D eigenvalue weighted by atomic mass is 10.0. The SMILES string of the molecule is CC(=N)c1ccc(-c2ccc(C)cc2F)cc1. The summed E-state index contributed by atoms with van der Waals surface area (Å²) in [7, 11) is 0. The molecule has 0 aliphatic carbocycles. The Bertz CT molecular complexity index is 556. The molecule has 86 valence electrons. The van der Waals surface area contributed by atoms with Crippen molar-refractivity contribution < 1.29 is 4.39 Å². The van der Waals surface area contributed by atoms with Gasteiger partial charge in [0.05, 0.1) is 0 Å². The van der Waals surface area contributed by atoms with Gasteiger partial charge in [0.25, 0.3) is 0 Å². The van der Waals surface area contributed by atoms with Crippen molar-refractivity contribution in [3.05, 3.63) is 59.4 Å². The fourth-order valence-electron chi connectivity index (χ4n) is 1.75. The Labute approximate surface area is 100 Å². The smallest absolute Gasteiger partial charge is 0.131 e. The summed E-state index contributed by atoms with van der Waals surface area (Å²) in [6.07, 6.45) is 0. The number of aryl methyl sites for hydroxylation is 1. The minimum atomic E-state index is -0.204. The molecule has 2 aromatic rings. The van der Waals surface area contributed by atoms with E-state index in [1.165, 1.54) is 6.07 Å². The van der Waals surface area contributed by atoms with Gasteiger partial charge in [0.15, 0.2) is 0 Å². The highest BCUT2D eigenvalue weighted by atomic mass is 19.1. The Kier molecular flexibility index (Phi) is 3.05. The van der Waals surface area contributed by atoms with Crippen LogP contribution >= 0.6 is 0 Å². The Morgan fingerprint density at radius 3 is 2.24 bits per heavy atom. The van der Waals surface area contributed by atoms with Crippen LogP contribution in [0.2, 0.25) is 0 Å². The lowest BCUT2D eigenvalue weighted by Gasteiger charge is -2.05. The quantitative estimate of drug-likeness (QED) is 0.744. The molecule has 1 N–H and O–H groups in total. The number of halogens is 1. The fraction of sp³-hybridized carbons (Fsp3) is 0.133. The number of hydrogen-bond acceptors (Lipinski definition) is 1. The third-order valence-corrected chi connectivity index (χ3v) is 2.75. The first-order valence-corrected chi connectivity index (χ1v) is 5.50. The Balaban J connectivity index is 2.43. The molecule has 0 bridgehead atoms. The molecule has 0 atom stereocenters. The Hall–Kier alpha value is -1.96. The summed E-state index contributed by atoms with van der Waals surface area (Å²) in [6.45, 7) is 3.61. The third kappa shape index (κ3) is 2.41. The minimum Gasteiger partial charge on any atom is -0.305 e. The maximum atomic E-state index is 13.8. The van der Waals surface area contributed by atoms with Crippen LogP contribution in [0.4, 0.5) is 4.39 Å². The second-order valence-corrected chi connectivity index (χ2v) is 4.19. The van der Waals surface area contributed by atoms with Crippen molar-refractivity contribution in [2.75, 3.05) is 0 Å². The van der Waals surface area contributed by atoms with Crippen molar-refractivity contribution in [2.24, 2.45) is 0 Å². The van der Waals surface area contributed by atoms with Gasteiger partial charge >= 0.3 is 0 Å². The molecule has 0 aromatic heterocycles. The van der Waals surface area contributed by atoms with E-state index in [0.29, 0.717) is 11.3 Å². The number of hydrogen-bond donors (Lipinski definition) is 1. The van der Waals surface area contributed by atoms with Crippen LogP contribution in [0.3, 0.4) is 0 Å². The first kappa shape index (κ1) is 11.5. The average molecular weight is 227 g/mol. The third-order valence-electron chi connectivity index (χ3n) is 2.75. The van der Waals surface area contributed by atoms with Crippen LogP contribution in [-0.4, -0.2) is 5.71 Å². The van der Waals surface area contributed by atoms with E-state index in [2.05, 4.69) is 0 Å². The summed E-state index contributed by atoms with van der Waals surface area (Å²) in [5.41, 5.74) is 3.73. The van der Waals surface area contributed by atoms with Gasteiger partial charge in [-0.1, -0.05) is 36.4 Å². The lowest BCUT2D eigenvalue weighted by molar-refractivity contribution is 0.630. The van der Waals surface area contributed by atoms with E-state index in [4.69, 9.17) is 5.41 Å². The second-order valence-electron chi connectivity index (χ2n) is 4.19. The van der Waals surface area contributed by atoms with Crippen LogP contribution in [0.5, 0.6) is 0 Å². The van der Waals surface area contributed by atoms with E-state index >= 15 is 0 Å². The highest BCUT2D eigenvalue weighted by molar-refractivity contribution is 5.96. The van der Waals surface area contributed by atoms with Gasteiger partial charge in [-0.15, -0.1) is 0 Å². The molecule has 2 rings (SSSR count). The van der Waals surface area contributed by atoms with Gasteiger partial charge in [0.2, 0.25) is 0 Å². The molecule has 0 heterocycles. The Morgan fingerprint density at radius 1 is 1.06 bits per heavy atom. The average Bonchev–Trinajstić information content (AvgIpc) is 2.29. The molecular weight excluding hydrogens is 213 g/mol. The van der Waals surface area contributed by atoms with E-state index in [1.54, 1.807) is 13.0 Å². The highest BCUT2D eigenvalue weighted by Gasteiger charge is 2.05. The van der Waals surface area contributed by atoms with E-state index in [9.17, 15) is 4.39 Å². The summed E-state index contributed by atoms with van der Waals surface area (Å²) in [6, 6.07) is 12.6. The lowest BCUT2D eigenvalue weighted by Crippen LogP contribution is -1.92. The molecule has 0 radical (unpaired) electrons. The van der Waals surface area contributed by atoms with Gasteiger partial charge in [-0.05, 0) is 36.6 Å². The zero-order chi connectivity index (χ0) is 12.4. The standard InChI is InChI=1S/C15H14FN/c1-10-3-8-14(15(16)9-10)13-6-4-12(5-7-13)11(2)17/h3-9,17H,1-2H3. The molecule has 0 saturated heterocycles. The molecule has 1 nitrogen and oxygen atoms in total. The molecule has 2 heteroatoms. The molecule has 0 saturated carbocycles. The molecule has 0 fully saturated rings. The van der Waals surface area contributed by atoms with E-state index in [0.717, 1.165) is 16.7 Å². The van der Waals surface area contributed by atoms with Crippen molar-refractivity contribution in [3.63, 3.8) is 0 Å². The van der Waals surface area contributed by atoms with E-state index in [-0.39, 0.29) is 5.82 Å². The van der Waals surface area contributed by atoms with Crippen molar-refractivity contribution in [3.8, 4) is 11.1 Å². The van der Waals surface area contributed by atoms with Crippen LogP contribution < -0.4 is 0 Å². The monoisotopic (exact) mass is 227 g/mol. The van der Waals surface area contributed by atoms with Crippen LogP contribution in [0.1, 0.15) is 18.1 Å². The van der Waals surface area contributed by atoms with Crippen LogP contribution in [0.15, 0.2) is 42.5 Å². The van der Waals surface area contributed by atoms with Gasteiger partial charge in [-0.2, -0.15) is 0 Å². The van der Waals surface area contributed by atoms with Crippen molar-refractivity contribution >= 4 is 5.71 Å². The Morgan fingerprint density at radius 2 is 1.71 bits per heavy atom. The van der Waals surface area contributed by atoms with Gasteiger partial charge in [0, 0.05) is 11.3 Å². The van der Waals surface area contributed by atoms with Crippen molar-refractivity contribution in [1.29, 1.82) is 5.41 Å². The van der Waals surface area contributed by atoms with Gasteiger partial charge in [-0.25, -0.2) is 4.39 Å². The number of benzene rings is 2. The highest BCUT2D eigenvalue weighted by Crippen LogP contribution is 2.23. The summed E-state index contributed by atoms with van der Waals surface area (Å²) in [5.74, 6) is -0.204. The zero-order valence-corrected chi connectivity index (χ0v) is 9.92. The summed E-state index contributed by atoms with van der Waals surface area (Å²) in [5, 5.41) is 7.51. The molecule has 0 aliphatic rings. The maximum absolute atomic E-state index is 13.8. The predicted octanol–water partition coefficient (Wildman–Crippen LogP) is 4.19. The minimum absolute atomic E-state index is 0.204. The molecule has 2 aromatic carbocycles. The number of nitrogens with one attached hydrogen (secondary N) is 1. The molecule has 0 aliphatic heterocycles. The van der Waals surface area contributed by atoms with Crippen LogP contribution in [-0.2, 0) is 0 Å². The van der Waals surface area contributed by atoms with Crippen LogP contribution in [0.25, 0.3) is 11.1 Å².